The fourth-order valence-corrected chi connectivity index (χ4v) is 6.12. The summed E-state index contributed by atoms with van der Waals surface area (Å²) in [6.45, 7) is 13.1. The minimum absolute atomic E-state index is 0.0610. The van der Waals surface area contributed by atoms with Gasteiger partial charge in [-0.15, -0.1) is 16.9 Å². The molecular formula is C39H65N7O10S. The molecular weight excluding hydrogens is 759 g/mol. The molecule has 1 aromatic carbocycles. The van der Waals surface area contributed by atoms with Gasteiger partial charge in [-0.3, -0.25) is 29.4 Å². The molecule has 0 spiro atoms. The molecule has 1 heterocycles. The van der Waals surface area contributed by atoms with Crippen LogP contribution in [0.4, 0.5) is 0 Å². The summed E-state index contributed by atoms with van der Waals surface area (Å²) in [6.07, 6.45) is 2.74. The lowest BCUT2D eigenvalue weighted by molar-refractivity contribution is -0.144. The summed E-state index contributed by atoms with van der Waals surface area (Å²) >= 11 is 1.39. The van der Waals surface area contributed by atoms with Crippen LogP contribution >= 0.6 is 11.3 Å². The lowest BCUT2D eigenvalue weighted by Gasteiger charge is -2.23. The van der Waals surface area contributed by atoms with Gasteiger partial charge in [-0.2, -0.15) is 5.90 Å². The van der Waals surface area contributed by atoms with Gasteiger partial charge in [-0.25, -0.2) is 4.98 Å². The van der Waals surface area contributed by atoms with E-state index in [1.807, 2.05) is 38.1 Å². The van der Waals surface area contributed by atoms with Crippen LogP contribution in [-0.4, -0.2) is 100 Å². The molecule has 0 bridgehead atoms. The van der Waals surface area contributed by atoms with Gasteiger partial charge in [0.05, 0.1) is 46.2 Å². The summed E-state index contributed by atoms with van der Waals surface area (Å²) in [5, 5.41) is 8.28. The number of aryl methyl sites for hydroxylation is 1. The second kappa shape index (κ2) is 29.6. The average Bonchev–Trinajstić information content (AvgIpc) is 3.69. The second-order valence-corrected chi connectivity index (χ2v) is 14.9. The first kappa shape index (κ1) is 49.6. The van der Waals surface area contributed by atoms with E-state index in [1.54, 1.807) is 12.3 Å². The van der Waals surface area contributed by atoms with Crippen molar-refractivity contribution in [2.75, 3.05) is 59.4 Å². The SMILES string of the molecule is CCCOC(C[C@@H](N)C(C)C)c1nc(C(=O)N[C@@H](Cc2ccc(C)cc2)C[C@H](C)C(=O)NNOCCOCCOCCOCCNC(=O)CCCC(=O)ON)cs1. The van der Waals surface area contributed by atoms with Crippen LogP contribution in [0.2, 0.25) is 0 Å². The number of nitrogens with one attached hydrogen (secondary N) is 4. The highest BCUT2D eigenvalue weighted by Gasteiger charge is 2.25. The van der Waals surface area contributed by atoms with Gasteiger partial charge in [0.2, 0.25) is 11.8 Å². The zero-order valence-corrected chi connectivity index (χ0v) is 35.0. The summed E-state index contributed by atoms with van der Waals surface area (Å²) in [7, 11) is 0. The van der Waals surface area contributed by atoms with Crippen molar-refractivity contribution in [1.82, 2.24) is 26.6 Å². The van der Waals surface area contributed by atoms with Crippen molar-refractivity contribution in [2.24, 2.45) is 23.5 Å². The molecule has 3 amide bonds. The first-order valence-electron chi connectivity index (χ1n) is 19.7. The van der Waals surface area contributed by atoms with E-state index < -0.39 is 11.9 Å². The van der Waals surface area contributed by atoms with Crippen molar-refractivity contribution in [3.63, 3.8) is 0 Å². The average molecular weight is 824 g/mol. The first-order chi connectivity index (χ1) is 27.4. The zero-order valence-electron chi connectivity index (χ0n) is 34.2. The summed E-state index contributed by atoms with van der Waals surface area (Å²) in [4.78, 5) is 63.1. The molecule has 1 unspecified atom stereocenters. The number of carbonyl (C=O) groups excluding carboxylic acids is 4. The quantitative estimate of drug-likeness (QED) is 0.0460. The highest BCUT2D eigenvalue weighted by atomic mass is 32.1. The molecule has 17 nitrogen and oxygen atoms in total. The molecule has 0 saturated heterocycles. The predicted molar refractivity (Wildman–Crippen MR) is 215 cm³/mol. The molecule has 2 aromatic rings. The normalized spacial score (nSPS) is 13.5. The van der Waals surface area contributed by atoms with Crippen molar-refractivity contribution in [3.05, 3.63) is 51.5 Å². The Labute approximate surface area is 340 Å². The van der Waals surface area contributed by atoms with Crippen LogP contribution in [-0.2, 0) is 49.4 Å². The zero-order chi connectivity index (χ0) is 41.8. The summed E-state index contributed by atoms with van der Waals surface area (Å²) in [6, 6.07) is 7.68. The van der Waals surface area contributed by atoms with E-state index in [0.29, 0.717) is 77.6 Å². The Kier molecular flexibility index (Phi) is 25.7. The molecule has 0 aliphatic rings. The van der Waals surface area contributed by atoms with Crippen molar-refractivity contribution in [2.45, 2.75) is 97.8 Å². The van der Waals surface area contributed by atoms with E-state index in [9.17, 15) is 19.2 Å². The summed E-state index contributed by atoms with van der Waals surface area (Å²) in [5.41, 5.74) is 13.9. The number of hydrogen-bond donors (Lipinski definition) is 6. The summed E-state index contributed by atoms with van der Waals surface area (Å²) in [5.74, 6) is 3.23. The molecule has 8 N–H and O–H groups in total. The third-order valence-corrected chi connectivity index (χ3v) is 9.66. The van der Waals surface area contributed by atoms with Crippen LogP contribution in [0, 0.1) is 18.8 Å². The maximum atomic E-state index is 13.5. The van der Waals surface area contributed by atoms with E-state index in [4.69, 9.17) is 35.4 Å². The number of hydrazine groups is 1. The molecule has 0 radical (unpaired) electrons. The van der Waals surface area contributed by atoms with Crippen LogP contribution in [0.25, 0.3) is 0 Å². The Bertz CT molecular complexity index is 1430. The second-order valence-electron chi connectivity index (χ2n) is 14.0. The third-order valence-electron chi connectivity index (χ3n) is 8.72. The Morgan fingerprint density at radius 2 is 1.54 bits per heavy atom. The van der Waals surface area contributed by atoms with Gasteiger partial charge in [-0.05, 0) is 50.5 Å². The number of amides is 3. The molecule has 4 atom stereocenters. The van der Waals surface area contributed by atoms with Gasteiger partial charge >= 0.3 is 5.97 Å². The maximum absolute atomic E-state index is 13.5. The van der Waals surface area contributed by atoms with Crippen LogP contribution in [0.15, 0.2) is 29.6 Å². The minimum atomic E-state index is -0.553. The molecule has 322 valence electrons. The van der Waals surface area contributed by atoms with Crippen molar-refractivity contribution in [1.29, 1.82) is 0 Å². The maximum Gasteiger partial charge on any atom is 0.324 e. The van der Waals surface area contributed by atoms with Crippen LogP contribution in [0.3, 0.4) is 0 Å². The van der Waals surface area contributed by atoms with Gasteiger partial charge in [0.25, 0.3) is 5.91 Å². The topological polar surface area (TPSA) is 237 Å². The van der Waals surface area contributed by atoms with E-state index in [2.05, 4.69) is 45.3 Å². The van der Waals surface area contributed by atoms with E-state index in [1.165, 1.54) is 11.3 Å². The number of carbonyl (C=O) groups is 4. The monoisotopic (exact) mass is 823 g/mol. The van der Waals surface area contributed by atoms with E-state index in [0.717, 1.165) is 22.6 Å². The van der Waals surface area contributed by atoms with E-state index >= 15 is 0 Å². The molecule has 0 saturated carbocycles. The number of thiazole rings is 1. The van der Waals surface area contributed by atoms with Crippen LogP contribution in [0.1, 0.15) is 98.9 Å². The van der Waals surface area contributed by atoms with Gasteiger partial charge in [0.15, 0.2) is 0 Å². The van der Waals surface area contributed by atoms with Gasteiger partial charge < -0.3 is 40.2 Å². The highest BCUT2D eigenvalue weighted by Crippen LogP contribution is 2.28. The van der Waals surface area contributed by atoms with Crippen molar-refractivity contribution in [3.8, 4) is 0 Å². The lowest BCUT2D eigenvalue weighted by atomic mass is 9.95. The minimum Gasteiger partial charge on any atom is -0.377 e. The van der Waals surface area contributed by atoms with E-state index in [-0.39, 0.29) is 67.9 Å². The Balaban J connectivity index is 1.69. The molecule has 1 aromatic heterocycles. The van der Waals surface area contributed by atoms with Gasteiger partial charge in [0.1, 0.15) is 16.8 Å². The predicted octanol–water partition coefficient (Wildman–Crippen LogP) is 2.97. The first-order valence-corrected chi connectivity index (χ1v) is 20.6. The molecule has 18 heteroatoms. The standard InChI is InChI=1S/C39H65N7O10S/c1-6-15-54-34(25-32(40)27(2)3)39-44-33(26-57-39)38(50)43-31(24-30-12-10-28(4)11-13-30)23-29(5)37(49)45-46-55-22-21-53-20-19-52-18-17-51-16-14-42-35(47)8-7-9-36(48)56-41/h10-13,26-27,29,31-32,34,46H,6-9,14-25,40-41H2,1-5H3,(H,42,47)(H,43,50)(H,45,49)/t29-,31+,32+,34?/m0/s1. The number of ether oxygens (including phenoxy) is 4. The number of aromatic nitrogens is 1. The molecule has 0 aliphatic carbocycles. The van der Waals surface area contributed by atoms with Crippen molar-refractivity contribution < 1.29 is 47.8 Å². The number of nitrogens with zero attached hydrogens (tertiary/aromatic N) is 1. The molecule has 0 fully saturated rings. The van der Waals surface area contributed by atoms with Crippen LogP contribution < -0.4 is 33.3 Å². The summed E-state index contributed by atoms with van der Waals surface area (Å²) < 4.78 is 22.4. The third kappa shape index (κ3) is 22.2. The molecule has 0 aliphatic heterocycles. The Morgan fingerprint density at radius 1 is 0.877 bits per heavy atom. The largest absolute Gasteiger partial charge is 0.377 e. The number of rotatable bonds is 32. The van der Waals surface area contributed by atoms with Gasteiger partial charge in [-0.1, -0.05) is 57.5 Å². The fraction of sp³-hybridized carbons (Fsp3) is 0.667. The fourth-order valence-electron chi connectivity index (χ4n) is 5.26. The lowest BCUT2D eigenvalue weighted by Crippen LogP contribution is -2.44. The van der Waals surface area contributed by atoms with Gasteiger partial charge in [0, 0.05) is 49.4 Å². The highest BCUT2D eigenvalue weighted by molar-refractivity contribution is 7.09. The molecule has 57 heavy (non-hydrogen) atoms. The van der Waals surface area contributed by atoms with Crippen LogP contribution in [0.5, 0.6) is 0 Å². The smallest absolute Gasteiger partial charge is 0.324 e. The van der Waals surface area contributed by atoms with Crippen molar-refractivity contribution >= 4 is 35.0 Å². The number of benzene rings is 1. The Hall–Kier alpha value is -3.59. The Morgan fingerprint density at radius 3 is 2.19 bits per heavy atom. The number of nitrogens with two attached hydrogens (primary N) is 2. The molecule has 2 rings (SSSR count). The number of hydrogen-bond acceptors (Lipinski definition) is 15.